The maximum absolute atomic E-state index is 11.8. The minimum atomic E-state index is -4.16. The molecule has 0 fully saturated rings. The average Bonchev–Trinajstić information content (AvgIpc) is 2.27. The normalized spacial score (nSPS) is 12.1. The van der Waals surface area contributed by atoms with E-state index in [0.29, 0.717) is 0 Å². The predicted molar refractivity (Wildman–Crippen MR) is 45.7 cm³/mol. The first-order valence-corrected chi connectivity index (χ1v) is 4.15. The summed E-state index contributed by atoms with van der Waals surface area (Å²) in [7, 11) is 1.74. The van der Waals surface area contributed by atoms with E-state index < -0.39 is 12.7 Å². The monoisotopic (exact) mass is 207 g/mol. The van der Waals surface area contributed by atoms with Gasteiger partial charge in [0.2, 0.25) is 0 Å². The number of nitrogens with one attached hydrogen (secondary N) is 1. The van der Waals surface area contributed by atoms with Crippen LogP contribution in [0.2, 0.25) is 0 Å². The van der Waals surface area contributed by atoms with Gasteiger partial charge in [-0.05, 0) is 6.92 Å². The Labute approximate surface area is 79.9 Å². The molecule has 0 aliphatic carbocycles. The van der Waals surface area contributed by atoms with Crippen LogP contribution < -0.4 is 5.32 Å². The summed E-state index contributed by atoms with van der Waals surface area (Å²) in [5.41, 5.74) is 1.54. The Morgan fingerprint density at radius 1 is 1.50 bits per heavy atom. The van der Waals surface area contributed by atoms with Gasteiger partial charge in [-0.15, -0.1) is 0 Å². The van der Waals surface area contributed by atoms with Crippen LogP contribution in [0.5, 0.6) is 0 Å². The topological polar surface area (TPSA) is 29.9 Å². The second-order valence-corrected chi connectivity index (χ2v) is 3.13. The van der Waals surface area contributed by atoms with Crippen LogP contribution in [-0.4, -0.2) is 22.5 Å². The van der Waals surface area contributed by atoms with Gasteiger partial charge in [-0.1, -0.05) is 0 Å². The highest BCUT2D eigenvalue weighted by molar-refractivity contribution is 5.14. The fourth-order valence-corrected chi connectivity index (χ4v) is 1.16. The van der Waals surface area contributed by atoms with E-state index in [1.165, 1.54) is 0 Å². The van der Waals surface area contributed by atoms with Crippen LogP contribution in [0.15, 0.2) is 6.20 Å². The molecule has 0 aliphatic heterocycles. The summed E-state index contributed by atoms with van der Waals surface area (Å²) < 4.78 is 36.9. The summed E-state index contributed by atoms with van der Waals surface area (Å²) in [5, 5.41) is 6.34. The van der Waals surface area contributed by atoms with Gasteiger partial charge in [0.25, 0.3) is 0 Å². The Hall–Kier alpha value is -1.04. The third-order valence-electron chi connectivity index (χ3n) is 1.76. The van der Waals surface area contributed by atoms with Crippen LogP contribution in [0, 0.1) is 6.92 Å². The van der Waals surface area contributed by atoms with Crippen molar-refractivity contribution in [2.45, 2.75) is 19.6 Å². The molecule has 80 valence electrons. The summed E-state index contributed by atoms with van der Waals surface area (Å²) in [6.45, 7) is 0.991. The largest absolute Gasteiger partial charge is 0.401 e. The average molecular weight is 207 g/mol. The Balaban J connectivity index is 2.42. The van der Waals surface area contributed by atoms with Gasteiger partial charge in [0.15, 0.2) is 0 Å². The van der Waals surface area contributed by atoms with Gasteiger partial charge in [-0.25, -0.2) is 0 Å². The molecule has 0 amide bonds. The number of nitrogens with zero attached hydrogens (tertiary/aromatic N) is 2. The van der Waals surface area contributed by atoms with Crippen LogP contribution in [0.25, 0.3) is 0 Å². The van der Waals surface area contributed by atoms with Gasteiger partial charge in [-0.3, -0.25) is 4.68 Å². The molecule has 1 aromatic heterocycles. The van der Waals surface area contributed by atoms with Crippen LogP contribution in [0.3, 0.4) is 0 Å². The first-order chi connectivity index (χ1) is 6.38. The zero-order valence-electron chi connectivity index (χ0n) is 8.02. The number of rotatable bonds is 3. The van der Waals surface area contributed by atoms with Crippen molar-refractivity contribution < 1.29 is 13.2 Å². The predicted octanol–water partition coefficient (Wildman–Crippen LogP) is 1.38. The molecule has 1 rings (SSSR count). The highest BCUT2D eigenvalue weighted by atomic mass is 19.4. The first-order valence-electron chi connectivity index (χ1n) is 4.15. The van der Waals surface area contributed by atoms with Crippen molar-refractivity contribution in [3.05, 3.63) is 17.5 Å². The Morgan fingerprint density at radius 3 is 2.57 bits per heavy atom. The maximum atomic E-state index is 11.8. The molecule has 1 aromatic rings. The molecule has 0 atom stereocenters. The number of hydrogen-bond donors (Lipinski definition) is 1. The molecular formula is C8H12F3N3. The van der Waals surface area contributed by atoms with Crippen molar-refractivity contribution in [2.75, 3.05) is 6.54 Å². The SMILES string of the molecule is Cc1nn(C)cc1CNCC(F)(F)F. The second-order valence-electron chi connectivity index (χ2n) is 3.13. The third kappa shape index (κ3) is 3.37. The number of alkyl halides is 3. The van der Waals surface area contributed by atoms with E-state index in [-0.39, 0.29) is 6.54 Å². The summed E-state index contributed by atoms with van der Waals surface area (Å²) in [6.07, 6.45) is -2.45. The zero-order chi connectivity index (χ0) is 10.8. The molecule has 0 bridgehead atoms. The van der Waals surface area contributed by atoms with Gasteiger partial charge in [0.1, 0.15) is 0 Å². The summed E-state index contributed by atoms with van der Waals surface area (Å²) in [4.78, 5) is 0. The molecule has 0 unspecified atom stereocenters. The lowest BCUT2D eigenvalue weighted by atomic mass is 10.2. The molecule has 1 N–H and O–H groups in total. The van der Waals surface area contributed by atoms with Crippen LogP contribution in [0.1, 0.15) is 11.3 Å². The van der Waals surface area contributed by atoms with E-state index in [4.69, 9.17) is 0 Å². The van der Waals surface area contributed by atoms with E-state index >= 15 is 0 Å². The number of aryl methyl sites for hydroxylation is 2. The highest BCUT2D eigenvalue weighted by Gasteiger charge is 2.26. The van der Waals surface area contributed by atoms with Crippen LogP contribution in [-0.2, 0) is 13.6 Å². The molecule has 6 heteroatoms. The number of halogens is 3. The van der Waals surface area contributed by atoms with Crippen LogP contribution in [0.4, 0.5) is 13.2 Å². The summed E-state index contributed by atoms with van der Waals surface area (Å²) in [6, 6.07) is 0. The van der Waals surface area contributed by atoms with Gasteiger partial charge in [0.05, 0.1) is 12.2 Å². The van der Waals surface area contributed by atoms with Crippen LogP contribution >= 0.6 is 0 Å². The fourth-order valence-electron chi connectivity index (χ4n) is 1.16. The molecule has 0 aliphatic rings. The molecule has 0 aromatic carbocycles. The minimum absolute atomic E-state index is 0.194. The van der Waals surface area contributed by atoms with E-state index in [9.17, 15) is 13.2 Å². The van der Waals surface area contributed by atoms with E-state index in [1.54, 1.807) is 24.9 Å². The molecular weight excluding hydrogens is 195 g/mol. The summed E-state index contributed by atoms with van der Waals surface area (Å²) >= 11 is 0. The molecule has 14 heavy (non-hydrogen) atoms. The van der Waals surface area contributed by atoms with Gasteiger partial charge in [0, 0.05) is 25.4 Å². The zero-order valence-corrected chi connectivity index (χ0v) is 8.02. The molecule has 0 radical (unpaired) electrons. The van der Waals surface area contributed by atoms with Crippen molar-refractivity contribution in [1.29, 1.82) is 0 Å². The molecule has 0 saturated heterocycles. The van der Waals surface area contributed by atoms with Crippen molar-refractivity contribution in [3.63, 3.8) is 0 Å². The Morgan fingerprint density at radius 2 is 2.14 bits per heavy atom. The lowest BCUT2D eigenvalue weighted by Gasteiger charge is -2.06. The number of aromatic nitrogens is 2. The maximum Gasteiger partial charge on any atom is 0.401 e. The highest BCUT2D eigenvalue weighted by Crippen LogP contribution is 2.13. The molecule has 3 nitrogen and oxygen atoms in total. The number of hydrogen-bond acceptors (Lipinski definition) is 2. The quantitative estimate of drug-likeness (QED) is 0.811. The molecule has 0 saturated carbocycles. The van der Waals surface area contributed by atoms with Gasteiger partial charge >= 0.3 is 6.18 Å². The van der Waals surface area contributed by atoms with Crippen molar-refractivity contribution in [2.24, 2.45) is 7.05 Å². The Bertz CT molecular complexity index is 303. The van der Waals surface area contributed by atoms with E-state index in [1.807, 2.05) is 0 Å². The van der Waals surface area contributed by atoms with Gasteiger partial charge < -0.3 is 5.32 Å². The second kappa shape index (κ2) is 4.00. The standard InChI is InChI=1S/C8H12F3N3/c1-6-7(4-14(2)13-6)3-12-5-8(9,10)11/h4,12H,3,5H2,1-2H3. The van der Waals surface area contributed by atoms with Crippen molar-refractivity contribution >= 4 is 0 Å². The van der Waals surface area contributed by atoms with Crippen molar-refractivity contribution in [1.82, 2.24) is 15.1 Å². The van der Waals surface area contributed by atoms with Gasteiger partial charge in [-0.2, -0.15) is 18.3 Å². The lowest BCUT2D eigenvalue weighted by Crippen LogP contribution is -2.28. The Kier molecular flexibility index (Phi) is 3.15. The third-order valence-corrected chi connectivity index (χ3v) is 1.76. The lowest BCUT2D eigenvalue weighted by molar-refractivity contribution is -0.125. The van der Waals surface area contributed by atoms with E-state index in [2.05, 4.69) is 10.4 Å². The minimum Gasteiger partial charge on any atom is -0.304 e. The van der Waals surface area contributed by atoms with Crippen molar-refractivity contribution in [3.8, 4) is 0 Å². The molecule has 1 heterocycles. The van der Waals surface area contributed by atoms with E-state index in [0.717, 1.165) is 11.3 Å². The molecule has 0 spiro atoms. The smallest absolute Gasteiger partial charge is 0.304 e. The fraction of sp³-hybridized carbons (Fsp3) is 0.625. The first kappa shape index (κ1) is 11.0. The summed E-state index contributed by atoms with van der Waals surface area (Å²) in [5.74, 6) is 0.